The molecule has 2 aromatic rings. The van der Waals surface area contributed by atoms with Gasteiger partial charge in [-0.3, -0.25) is 24.3 Å². The number of aromatic nitrogens is 4. The largest absolute Gasteiger partial charge is 0.336 e. The molecule has 0 aromatic carbocycles. The smallest absolute Gasteiger partial charge is 0.322 e. The maximum absolute atomic E-state index is 12.5. The third kappa shape index (κ3) is 2.69. The number of carbonyl (C=O) groups is 1. The number of nitrogens with zero attached hydrogens (tertiary/aromatic N) is 6. The van der Waals surface area contributed by atoms with Gasteiger partial charge in [0.25, 0.3) is 5.91 Å². The van der Waals surface area contributed by atoms with Crippen LogP contribution in [0.4, 0.5) is 5.69 Å². The SMILES string of the molecule is Cc1nn(C)cc1CN(C)C(=O)c1nn(C)c(C)c1[N+](=O)[O-]. The topological polar surface area (TPSA) is 99.1 Å². The van der Waals surface area contributed by atoms with Crippen molar-refractivity contribution in [1.82, 2.24) is 24.5 Å². The molecule has 1 amide bonds. The fraction of sp³-hybridized carbons (Fsp3) is 0.462. The van der Waals surface area contributed by atoms with E-state index in [0.29, 0.717) is 12.2 Å². The Hall–Kier alpha value is -2.71. The minimum Gasteiger partial charge on any atom is -0.336 e. The molecule has 0 bridgehead atoms. The second kappa shape index (κ2) is 5.58. The summed E-state index contributed by atoms with van der Waals surface area (Å²) in [7, 11) is 4.96. The van der Waals surface area contributed by atoms with Crippen LogP contribution >= 0.6 is 0 Å². The van der Waals surface area contributed by atoms with Crippen LogP contribution in [0.2, 0.25) is 0 Å². The lowest BCUT2D eigenvalue weighted by Gasteiger charge is -2.15. The molecule has 0 aliphatic carbocycles. The van der Waals surface area contributed by atoms with Gasteiger partial charge in [-0.1, -0.05) is 0 Å². The van der Waals surface area contributed by atoms with Crippen molar-refractivity contribution in [3.05, 3.63) is 39.0 Å². The fourth-order valence-corrected chi connectivity index (χ4v) is 2.27. The molecule has 0 atom stereocenters. The molecule has 9 heteroatoms. The van der Waals surface area contributed by atoms with Crippen LogP contribution < -0.4 is 0 Å². The van der Waals surface area contributed by atoms with E-state index < -0.39 is 10.8 Å². The molecule has 0 N–H and O–H groups in total. The third-order valence-electron chi connectivity index (χ3n) is 3.56. The lowest BCUT2D eigenvalue weighted by atomic mass is 10.2. The lowest BCUT2D eigenvalue weighted by molar-refractivity contribution is -0.385. The molecule has 0 saturated carbocycles. The van der Waals surface area contributed by atoms with Crippen LogP contribution in [0.3, 0.4) is 0 Å². The van der Waals surface area contributed by atoms with E-state index in [1.807, 2.05) is 13.1 Å². The molecule has 0 aliphatic rings. The molecule has 0 radical (unpaired) electrons. The van der Waals surface area contributed by atoms with Gasteiger partial charge in [-0.25, -0.2) is 0 Å². The van der Waals surface area contributed by atoms with E-state index in [4.69, 9.17) is 0 Å². The summed E-state index contributed by atoms with van der Waals surface area (Å²) in [5, 5.41) is 19.4. The van der Waals surface area contributed by atoms with Crippen LogP contribution in [-0.4, -0.2) is 42.3 Å². The zero-order valence-corrected chi connectivity index (χ0v) is 13.2. The highest BCUT2D eigenvalue weighted by atomic mass is 16.6. The molecule has 0 unspecified atom stereocenters. The standard InChI is InChI=1S/C13H18N6O3/c1-8-10(7-17(4)14-8)6-16(3)13(20)11-12(19(21)22)9(2)18(5)15-11/h7H,6H2,1-5H3. The summed E-state index contributed by atoms with van der Waals surface area (Å²) >= 11 is 0. The van der Waals surface area contributed by atoms with Crippen LogP contribution in [-0.2, 0) is 20.6 Å². The minimum atomic E-state index is -0.571. The highest BCUT2D eigenvalue weighted by molar-refractivity contribution is 5.96. The van der Waals surface area contributed by atoms with Crippen LogP contribution in [0.25, 0.3) is 0 Å². The Morgan fingerprint density at radius 2 is 2.00 bits per heavy atom. The van der Waals surface area contributed by atoms with Crippen molar-refractivity contribution in [2.45, 2.75) is 20.4 Å². The number of rotatable bonds is 4. The fourth-order valence-electron chi connectivity index (χ4n) is 2.27. The summed E-state index contributed by atoms with van der Waals surface area (Å²) in [5.74, 6) is -0.487. The zero-order valence-electron chi connectivity index (χ0n) is 13.2. The molecule has 2 heterocycles. The Bertz CT molecular complexity index is 745. The van der Waals surface area contributed by atoms with Gasteiger partial charge in [-0.2, -0.15) is 10.2 Å². The van der Waals surface area contributed by atoms with E-state index in [9.17, 15) is 14.9 Å². The second-order valence-corrected chi connectivity index (χ2v) is 5.24. The van der Waals surface area contributed by atoms with Crippen molar-refractivity contribution in [3.63, 3.8) is 0 Å². The van der Waals surface area contributed by atoms with Gasteiger partial charge in [0.2, 0.25) is 5.69 Å². The predicted molar refractivity (Wildman–Crippen MR) is 78.3 cm³/mol. The molecule has 118 valence electrons. The maximum atomic E-state index is 12.5. The Morgan fingerprint density at radius 1 is 1.36 bits per heavy atom. The number of aryl methyl sites for hydroxylation is 3. The predicted octanol–water partition coefficient (Wildman–Crippen LogP) is 0.951. The van der Waals surface area contributed by atoms with Gasteiger partial charge in [0, 0.05) is 39.4 Å². The molecule has 0 aliphatic heterocycles. The van der Waals surface area contributed by atoms with Crippen molar-refractivity contribution in [2.75, 3.05) is 7.05 Å². The van der Waals surface area contributed by atoms with E-state index in [1.165, 1.54) is 9.58 Å². The van der Waals surface area contributed by atoms with Crippen LogP contribution in [0.5, 0.6) is 0 Å². The maximum Gasteiger partial charge on any atom is 0.322 e. The van der Waals surface area contributed by atoms with Crippen molar-refractivity contribution in [1.29, 1.82) is 0 Å². The monoisotopic (exact) mass is 306 g/mol. The van der Waals surface area contributed by atoms with Gasteiger partial charge < -0.3 is 4.90 Å². The Labute approximate surface area is 127 Å². The number of hydrogen-bond donors (Lipinski definition) is 0. The first-order valence-electron chi connectivity index (χ1n) is 6.65. The normalized spacial score (nSPS) is 10.8. The number of amides is 1. The number of carbonyl (C=O) groups excluding carboxylic acids is 1. The highest BCUT2D eigenvalue weighted by Gasteiger charge is 2.31. The second-order valence-electron chi connectivity index (χ2n) is 5.24. The van der Waals surface area contributed by atoms with Crippen LogP contribution in [0.15, 0.2) is 6.20 Å². The summed E-state index contributed by atoms with van der Waals surface area (Å²) in [4.78, 5) is 24.5. The summed E-state index contributed by atoms with van der Waals surface area (Å²) in [6, 6.07) is 0. The summed E-state index contributed by atoms with van der Waals surface area (Å²) < 4.78 is 3.00. The minimum absolute atomic E-state index is 0.144. The third-order valence-corrected chi connectivity index (χ3v) is 3.56. The summed E-state index contributed by atoms with van der Waals surface area (Å²) in [6.45, 7) is 3.72. The molecular weight excluding hydrogens is 288 g/mol. The first kappa shape index (κ1) is 15.7. The van der Waals surface area contributed by atoms with Gasteiger partial charge in [-0.15, -0.1) is 0 Å². The molecule has 22 heavy (non-hydrogen) atoms. The van der Waals surface area contributed by atoms with E-state index in [-0.39, 0.29) is 11.4 Å². The van der Waals surface area contributed by atoms with Crippen molar-refractivity contribution in [2.24, 2.45) is 14.1 Å². The molecule has 0 saturated heterocycles. The summed E-state index contributed by atoms with van der Waals surface area (Å²) in [5.41, 5.74) is 1.65. The average molecular weight is 306 g/mol. The van der Waals surface area contributed by atoms with E-state index in [0.717, 1.165) is 11.3 Å². The van der Waals surface area contributed by atoms with E-state index in [1.54, 1.807) is 32.7 Å². The van der Waals surface area contributed by atoms with Crippen molar-refractivity contribution < 1.29 is 9.72 Å². The van der Waals surface area contributed by atoms with E-state index >= 15 is 0 Å². The van der Waals surface area contributed by atoms with Gasteiger partial charge in [0.05, 0.1) is 10.6 Å². The molecule has 2 aromatic heterocycles. The highest BCUT2D eigenvalue weighted by Crippen LogP contribution is 2.23. The van der Waals surface area contributed by atoms with Crippen molar-refractivity contribution in [3.8, 4) is 0 Å². The quantitative estimate of drug-likeness (QED) is 0.618. The first-order valence-corrected chi connectivity index (χ1v) is 6.65. The summed E-state index contributed by atoms with van der Waals surface area (Å²) in [6.07, 6.45) is 1.82. The Balaban J connectivity index is 2.30. The first-order chi connectivity index (χ1) is 10.2. The lowest BCUT2D eigenvalue weighted by Crippen LogP contribution is -2.27. The van der Waals surface area contributed by atoms with E-state index in [2.05, 4.69) is 10.2 Å². The zero-order chi connectivity index (χ0) is 16.6. The number of hydrogen-bond acceptors (Lipinski definition) is 5. The average Bonchev–Trinajstić information content (AvgIpc) is 2.89. The van der Waals surface area contributed by atoms with Gasteiger partial charge in [0.15, 0.2) is 0 Å². The molecule has 9 nitrogen and oxygen atoms in total. The number of nitro groups is 1. The van der Waals surface area contributed by atoms with Gasteiger partial charge >= 0.3 is 5.69 Å². The Kier molecular flexibility index (Phi) is 3.98. The van der Waals surface area contributed by atoms with Gasteiger partial charge in [0.1, 0.15) is 5.69 Å². The van der Waals surface area contributed by atoms with Crippen LogP contribution in [0.1, 0.15) is 27.4 Å². The van der Waals surface area contributed by atoms with Gasteiger partial charge in [-0.05, 0) is 13.8 Å². The molecular formula is C13H18N6O3. The van der Waals surface area contributed by atoms with Crippen LogP contribution in [0, 0.1) is 24.0 Å². The molecule has 0 spiro atoms. The molecule has 2 rings (SSSR count). The Morgan fingerprint density at radius 3 is 2.50 bits per heavy atom. The molecule has 0 fully saturated rings. The van der Waals surface area contributed by atoms with Crippen molar-refractivity contribution >= 4 is 11.6 Å².